The van der Waals surface area contributed by atoms with E-state index >= 15 is 0 Å². The molecule has 2 fully saturated rings. The summed E-state index contributed by atoms with van der Waals surface area (Å²) >= 11 is 0. The number of likely N-dealkylation sites (tertiary alicyclic amines) is 1. The maximum absolute atomic E-state index is 14.2. The largest absolute Gasteiger partial charge is 0.379 e. The van der Waals surface area contributed by atoms with Gasteiger partial charge in [-0.15, -0.1) is 0 Å². The van der Waals surface area contributed by atoms with E-state index in [0.717, 1.165) is 141 Å². The maximum atomic E-state index is 14.2. The first-order valence-corrected chi connectivity index (χ1v) is 18.7. The molecular formula is C39H44N8O3. The number of nitrogens with zero attached hydrogens (tertiary/aromatic N) is 6. The number of hydrazone groups is 2. The van der Waals surface area contributed by atoms with Crippen molar-refractivity contribution in [1.29, 1.82) is 0 Å². The molecule has 0 spiro atoms. The van der Waals surface area contributed by atoms with Gasteiger partial charge in [-0.1, -0.05) is 18.6 Å². The molecule has 0 bridgehead atoms. The number of ether oxygens (including phenoxy) is 1. The van der Waals surface area contributed by atoms with E-state index < -0.39 is 0 Å². The van der Waals surface area contributed by atoms with Crippen LogP contribution in [0.2, 0.25) is 0 Å². The zero-order valence-corrected chi connectivity index (χ0v) is 28.6. The first kappa shape index (κ1) is 30.5. The minimum Gasteiger partial charge on any atom is -0.379 e. The molecule has 2 amide bonds. The molecular weight excluding hydrogens is 628 g/mol. The lowest BCUT2D eigenvalue weighted by Crippen LogP contribution is -2.38. The number of morpholine rings is 1. The molecule has 11 heteroatoms. The molecule has 258 valence electrons. The Morgan fingerprint density at radius 1 is 0.660 bits per heavy atom. The second-order valence-electron chi connectivity index (χ2n) is 14.9. The van der Waals surface area contributed by atoms with Gasteiger partial charge in [-0.25, -0.2) is 10.9 Å². The summed E-state index contributed by atoms with van der Waals surface area (Å²) < 4.78 is 10.5. The van der Waals surface area contributed by atoms with Crippen molar-refractivity contribution in [3.63, 3.8) is 0 Å². The maximum Gasteiger partial charge on any atom is 0.272 e. The predicted molar refractivity (Wildman–Crippen MR) is 193 cm³/mol. The van der Waals surface area contributed by atoms with Gasteiger partial charge in [-0.05, 0) is 87.7 Å². The summed E-state index contributed by atoms with van der Waals surface area (Å²) in [7, 11) is 0. The topological polar surface area (TPSA) is 108 Å². The second kappa shape index (κ2) is 12.2. The SMILES string of the molecule is O=C1NN=C2CC(c3ccc4c5c3C(=O)NN=C3CCCc(c53)n4CCN3CCOCC3)Cc3c2c2c1cccc2n3CCN1CCCCC1. The lowest BCUT2D eigenvalue weighted by Gasteiger charge is -2.29. The quantitative estimate of drug-likeness (QED) is 0.303. The van der Waals surface area contributed by atoms with Gasteiger partial charge in [0.25, 0.3) is 11.8 Å². The summed E-state index contributed by atoms with van der Waals surface area (Å²) in [6, 6.07) is 10.6. The normalized spacial score (nSPS) is 22.2. The highest BCUT2D eigenvalue weighted by Gasteiger charge is 2.38. The third-order valence-electron chi connectivity index (χ3n) is 12.2. The second-order valence-corrected chi connectivity index (χ2v) is 14.9. The van der Waals surface area contributed by atoms with E-state index in [1.54, 1.807) is 0 Å². The van der Waals surface area contributed by atoms with Crippen molar-refractivity contribution in [2.45, 2.75) is 70.4 Å². The van der Waals surface area contributed by atoms with Crippen LogP contribution in [-0.4, -0.2) is 94.7 Å². The molecule has 2 aromatic carbocycles. The Balaban J connectivity index is 1.10. The Hall–Kier alpha value is -4.32. The summed E-state index contributed by atoms with van der Waals surface area (Å²) in [5.41, 5.74) is 17.2. The molecule has 4 aliphatic heterocycles. The average molecular weight is 673 g/mol. The monoisotopic (exact) mass is 672 g/mol. The Labute approximate surface area is 291 Å². The Kier molecular flexibility index (Phi) is 7.43. The van der Waals surface area contributed by atoms with Crippen LogP contribution in [-0.2, 0) is 30.7 Å². The molecule has 4 aromatic rings. The summed E-state index contributed by atoms with van der Waals surface area (Å²) in [5, 5.41) is 11.6. The molecule has 11 nitrogen and oxygen atoms in total. The van der Waals surface area contributed by atoms with Gasteiger partial charge in [0.15, 0.2) is 0 Å². The first-order chi connectivity index (χ1) is 24.6. The molecule has 2 aliphatic carbocycles. The number of aromatic nitrogens is 2. The minimum absolute atomic E-state index is 0.0143. The Bertz CT molecular complexity index is 2130. The summed E-state index contributed by atoms with van der Waals surface area (Å²) in [6.07, 6.45) is 8.11. The van der Waals surface area contributed by atoms with Gasteiger partial charge < -0.3 is 18.8 Å². The number of carbonyl (C=O) groups excluding carboxylic acids is 2. The number of hydrogen-bond donors (Lipinski definition) is 2. The number of piperidine rings is 1. The van der Waals surface area contributed by atoms with Gasteiger partial charge in [0.1, 0.15) is 0 Å². The summed E-state index contributed by atoms with van der Waals surface area (Å²) in [6.45, 7) is 9.43. The molecule has 0 radical (unpaired) electrons. The van der Waals surface area contributed by atoms with Crippen molar-refractivity contribution in [1.82, 2.24) is 29.8 Å². The average Bonchev–Trinajstić information content (AvgIpc) is 3.55. The van der Waals surface area contributed by atoms with Crippen LogP contribution in [0.25, 0.3) is 21.8 Å². The van der Waals surface area contributed by atoms with Crippen LogP contribution >= 0.6 is 0 Å². The van der Waals surface area contributed by atoms with Crippen molar-refractivity contribution in [3.05, 3.63) is 69.5 Å². The lowest BCUT2D eigenvalue weighted by atomic mass is 9.78. The fraction of sp³-hybridized carbons (Fsp3) is 0.487. The van der Waals surface area contributed by atoms with Crippen LogP contribution < -0.4 is 10.9 Å². The highest BCUT2D eigenvalue weighted by molar-refractivity contribution is 6.23. The van der Waals surface area contributed by atoms with Crippen molar-refractivity contribution >= 4 is 45.0 Å². The van der Waals surface area contributed by atoms with Crippen LogP contribution in [0.15, 0.2) is 40.5 Å². The van der Waals surface area contributed by atoms with E-state index in [1.165, 1.54) is 36.2 Å². The van der Waals surface area contributed by atoms with Gasteiger partial charge in [0, 0.05) is 83.6 Å². The van der Waals surface area contributed by atoms with Crippen LogP contribution in [0.4, 0.5) is 0 Å². The van der Waals surface area contributed by atoms with E-state index in [-0.39, 0.29) is 17.7 Å². The van der Waals surface area contributed by atoms with Crippen LogP contribution in [0, 0.1) is 0 Å². The van der Waals surface area contributed by atoms with E-state index in [4.69, 9.17) is 14.9 Å². The zero-order valence-electron chi connectivity index (χ0n) is 28.6. The van der Waals surface area contributed by atoms with E-state index in [0.29, 0.717) is 12.0 Å². The molecule has 50 heavy (non-hydrogen) atoms. The van der Waals surface area contributed by atoms with Crippen molar-refractivity contribution in [2.75, 3.05) is 52.5 Å². The third kappa shape index (κ3) is 4.81. The van der Waals surface area contributed by atoms with Crippen LogP contribution in [0.5, 0.6) is 0 Å². The Morgan fingerprint density at radius 3 is 2.22 bits per heavy atom. The lowest BCUT2D eigenvalue weighted by molar-refractivity contribution is 0.0364. The number of hydrogen-bond acceptors (Lipinski definition) is 7. The minimum atomic E-state index is -0.160. The summed E-state index contributed by atoms with van der Waals surface area (Å²) in [4.78, 5) is 32.6. The first-order valence-electron chi connectivity index (χ1n) is 18.7. The van der Waals surface area contributed by atoms with E-state index in [2.05, 4.69) is 48.0 Å². The molecule has 1 unspecified atom stereocenters. The number of carbonyl (C=O) groups is 2. The molecule has 10 rings (SSSR count). The molecule has 2 saturated heterocycles. The fourth-order valence-corrected chi connectivity index (χ4v) is 9.81. The fourth-order valence-electron chi connectivity index (χ4n) is 9.81. The van der Waals surface area contributed by atoms with E-state index in [1.807, 2.05) is 12.1 Å². The smallest absolute Gasteiger partial charge is 0.272 e. The molecule has 6 aliphatic rings. The molecule has 0 saturated carbocycles. The van der Waals surface area contributed by atoms with Gasteiger partial charge in [-0.3, -0.25) is 14.5 Å². The number of benzene rings is 2. The van der Waals surface area contributed by atoms with Crippen molar-refractivity contribution < 1.29 is 14.3 Å². The highest BCUT2D eigenvalue weighted by atomic mass is 16.5. The Morgan fingerprint density at radius 2 is 1.38 bits per heavy atom. The predicted octanol–water partition coefficient (Wildman–Crippen LogP) is 4.38. The molecule has 2 N–H and O–H groups in total. The number of amides is 2. The van der Waals surface area contributed by atoms with Crippen LogP contribution in [0.1, 0.15) is 93.2 Å². The molecule has 2 aromatic heterocycles. The van der Waals surface area contributed by atoms with Gasteiger partial charge in [-0.2, -0.15) is 10.2 Å². The van der Waals surface area contributed by atoms with Crippen molar-refractivity contribution in [3.8, 4) is 0 Å². The molecule has 6 heterocycles. The van der Waals surface area contributed by atoms with E-state index in [9.17, 15) is 9.59 Å². The zero-order chi connectivity index (χ0) is 33.3. The standard InChI is InChI=1S/C39H44N8O3/c48-38-26-6-4-8-29-33(26)36-28(41-42-38)22-24(23-32(36)47(29)17-14-44-12-2-1-3-13-44)25-10-11-31-37-34(25)39(49)43-40-27-7-5-9-30(35(27)37)46(31)16-15-45-18-20-50-21-19-45/h4,6,8,10-11,24H,1-3,5,7,9,12-23H2,(H,42,48)(H,43,49). The van der Waals surface area contributed by atoms with Crippen molar-refractivity contribution in [2.24, 2.45) is 10.2 Å². The number of nitrogens with one attached hydrogen (secondary N) is 2. The third-order valence-corrected chi connectivity index (χ3v) is 12.2. The summed E-state index contributed by atoms with van der Waals surface area (Å²) in [5.74, 6) is -0.275. The van der Waals surface area contributed by atoms with Gasteiger partial charge in [0.2, 0.25) is 0 Å². The number of rotatable bonds is 7. The van der Waals surface area contributed by atoms with Gasteiger partial charge >= 0.3 is 0 Å². The highest BCUT2D eigenvalue weighted by Crippen LogP contribution is 2.44. The van der Waals surface area contributed by atoms with Gasteiger partial charge in [0.05, 0.1) is 35.8 Å². The molecule has 1 atom stereocenters. The van der Waals surface area contributed by atoms with Crippen LogP contribution in [0.3, 0.4) is 0 Å².